The third-order valence-electron chi connectivity index (χ3n) is 4.34. The van der Waals surface area contributed by atoms with E-state index in [9.17, 15) is 12.8 Å². The number of hydrogen-bond acceptors (Lipinski definition) is 4. The lowest BCUT2D eigenvalue weighted by Gasteiger charge is -2.36. The summed E-state index contributed by atoms with van der Waals surface area (Å²) in [6, 6.07) is 15.3. The van der Waals surface area contributed by atoms with Crippen molar-refractivity contribution in [2.24, 2.45) is 0 Å². The van der Waals surface area contributed by atoms with Crippen LogP contribution in [0.2, 0.25) is 0 Å². The van der Waals surface area contributed by atoms with E-state index < -0.39 is 9.84 Å². The van der Waals surface area contributed by atoms with Crippen LogP contribution in [0.15, 0.2) is 59.5 Å². The number of benzene rings is 2. The molecular weight excluding hydrogens is 327 g/mol. The van der Waals surface area contributed by atoms with Gasteiger partial charge in [0.1, 0.15) is 5.82 Å². The molecule has 0 aliphatic carbocycles. The Hall–Kier alpha value is -1.92. The van der Waals surface area contributed by atoms with Crippen molar-refractivity contribution >= 4 is 15.5 Å². The fourth-order valence-electron chi connectivity index (χ4n) is 2.92. The lowest BCUT2D eigenvalue weighted by molar-refractivity contribution is 0.271. The second-order valence-corrected chi connectivity index (χ2v) is 8.02. The Kier molecular flexibility index (Phi) is 5.16. The van der Waals surface area contributed by atoms with E-state index in [2.05, 4.69) is 4.90 Å². The van der Waals surface area contributed by atoms with E-state index in [1.807, 2.05) is 11.0 Å². The first kappa shape index (κ1) is 16.9. The summed E-state index contributed by atoms with van der Waals surface area (Å²) in [7, 11) is -3.25. The van der Waals surface area contributed by atoms with E-state index in [0.29, 0.717) is 30.2 Å². The van der Waals surface area contributed by atoms with E-state index in [4.69, 9.17) is 0 Å². The molecule has 0 aromatic heterocycles. The van der Waals surface area contributed by atoms with Gasteiger partial charge < -0.3 is 4.90 Å². The van der Waals surface area contributed by atoms with Gasteiger partial charge in [-0.3, -0.25) is 4.90 Å². The highest BCUT2D eigenvalue weighted by atomic mass is 32.2. The van der Waals surface area contributed by atoms with Gasteiger partial charge >= 0.3 is 0 Å². The normalized spacial score (nSPS) is 16.3. The first-order valence-electron chi connectivity index (χ1n) is 8.06. The second kappa shape index (κ2) is 7.32. The predicted octanol–water partition coefficient (Wildman–Crippen LogP) is 2.42. The summed E-state index contributed by atoms with van der Waals surface area (Å²) in [5.41, 5.74) is 0.619. The zero-order valence-corrected chi connectivity index (χ0v) is 14.3. The molecule has 24 heavy (non-hydrogen) atoms. The summed E-state index contributed by atoms with van der Waals surface area (Å²) in [5.74, 6) is -0.103. The highest BCUT2D eigenvalue weighted by Gasteiger charge is 2.21. The molecule has 6 heteroatoms. The maximum Gasteiger partial charge on any atom is 0.179 e. The van der Waals surface area contributed by atoms with Crippen molar-refractivity contribution in [1.29, 1.82) is 0 Å². The summed E-state index contributed by atoms with van der Waals surface area (Å²) in [6.45, 7) is 3.37. The molecule has 1 fully saturated rings. The van der Waals surface area contributed by atoms with Gasteiger partial charge in [-0.2, -0.15) is 0 Å². The number of para-hydroxylation sites is 1. The number of halogens is 1. The molecule has 0 atom stereocenters. The fourth-order valence-corrected chi connectivity index (χ4v) is 4.22. The van der Waals surface area contributed by atoms with Crippen LogP contribution >= 0.6 is 0 Å². The minimum absolute atomic E-state index is 0.108. The molecule has 0 bridgehead atoms. The van der Waals surface area contributed by atoms with Crippen molar-refractivity contribution in [2.45, 2.75) is 4.90 Å². The van der Waals surface area contributed by atoms with E-state index in [1.165, 1.54) is 6.07 Å². The zero-order chi connectivity index (χ0) is 17.0. The quantitative estimate of drug-likeness (QED) is 0.832. The zero-order valence-electron chi connectivity index (χ0n) is 13.4. The van der Waals surface area contributed by atoms with Gasteiger partial charge in [0.05, 0.1) is 16.3 Å². The van der Waals surface area contributed by atoms with Crippen LogP contribution in [0, 0.1) is 5.82 Å². The Morgan fingerprint density at radius 2 is 1.50 bits per heavy atom. The topological polar surface area (TPSA) is 40.6 Å². The van der Waals surface area contributed by atoms with Crippen LogP contribution in [0.5, 0.6) is 0 Å². The molecule has 4 nitrogen and oxygen atoms in total. The Labute approximate surface area is 142 Å². The van der Waals surface area contributed by atoms with Crippen molar-refractivity contribution in [2.75, 3.05) is 43.4 Å². The number of rotatable bonds is 5. The summed E-state index contributed by atoms with van der Waals surface area (Å²) >= 11 is 0. The molecule has 128 valence electrons. The van der Waals surface area contributed by atoms with Gasteiger partial charge in [0.25, 0.3) is 0 Å². The summed E-state index contributed by atoms with van der Waals surface area (Å²) in [6.07, 6.45) is 0. The van der Waals surface area contributed by atoms with Crippen LogP contribution in [0.4, 0.5) is 10.1 Å². The minimum atomic E-state index is -3.25. The minimum Gasteiger partial charge on any atom is -0.367 e. The Morgan fingerprint density at radius 1 is 0.875 bits per heavy atom. The average Bonchev–Trinajstić information content (AvgIpc) is 2.62. The van der Waals surface area contributed by atoms with Crippen LogP contribution in [0.25, 0.3) is 0 Å². The maximum atomic E-state index is 13.8. The SMILES string of the molecule is O=S(=O)(CCN1CCN(c2ccccc2F)CC1)c1ccccc1. The molecule has 2 aromatic rings. The molecule has 0 unspecified atom stereocenters. The van der Waals surface area contributed by atoms with Crippen molar-refractivity contribution in [3.8, 4) is 0 Å². The average molecular weight is 348 g/mol. The van der Waals surface area contributed by atoms with Crippen molar-refractivity contribution in [1.82, 2.24) is 4.90 Å². The number of hydrogen-bond donors (Lipinski definition) is 0. The number of nitrogens with zero attached hydrogens (tertiary/aromatic N) is 2. The van der Waals surface area contributed by atoms with Gasteiger partial charge in [0.15, 0.2) is 9.84 Å². The van der Waals surface area contributed by atoms with Gasteiger partial charge in [-0.1, -0.05) is 30.3 Å². The van der Waals surface area contributed by atoms with E-state index in [0.717, 1.165) is 13.1 Å². The first-order chi connectivity index (χ1) is 11.6. The van der Waals surface area contributed by atoms with Gasteiger partial charge in [-0.05, 0) is 24.3 Å². The van der Waals surface area contributed by atoms with Crippen LogP contribution in [0.3, 0.4) is 0 Å². The predicted molar refractivity (Wildman–Crippen MR) is 93.5 cm³/mol. The lowest BCUT2D eigenvalue weighted by Crippen LogP contribution is -2.47. The lowest BCUT2D eigenvalue weighted by atomic mass is 10.2. The molecule has 0 radical (unpaired) electrons. The fraction of sp³-hybridized carbons (Fsp3) is 0.333. The largest absolute Gasteiger partial charge is 0.367 e. The molecule has 1 aliphatic rings. The highest BCUT2D eigenvalue weighted by Crippen LogP contribution is 2.20. The molecular formula is C18H21FN2O2S. The molecule has 0 spiro atoms. The van der Waals surface area contributed by atoms with Gasteiger partial charge in [-0.15, -0.1) is 0 Å². The molecule has 0 saturated carbocycles. The standard InChI is InChI=1S/C18H21FN2O2S/c19-17-8-4-5-9-18(17)21-12-10-20(11-13-21)14-15-24(22,23)16-6-2-1-3-7-16/h1-9H,10-15H2. The smallest absolute Gasteiger partial charge is 0.179 e. The summed E-state index contributed by atoms with van der Waals surface area (Å²) in [4.78, 5) is 4.50. The Balaban J connectivity index is 1.54. The third-order valence-corrected chi connectivity index (χ3v) is 6.05. The van der Waals surface area contributed by atoms with Gasteiger partial charge in [0.2, 0.25) is 0 Å². The number of sulfone groups is 1. The van der Waals surface area contributed by atoms with E-state index in [1.54, 1.807) is 42.5 Å². The molecule has 3 rings (SSSR count). The van der Waals surface area contributed by atoms with Crippen LogP contribution in [-0.4, -0.2) is 51.8 Å². The van der Waals surface area contributed by atoms with E-state index in [-0.39, 0.29) is 11.6 Å². The first-order valence-corrected chi connectivity index (χ1v) is 9.71. The van der Waals surface area contributed by atoms with Gasteiger partial charge in [0, 0.05) is 32.7 Å². The van der Waals surface area contributed by atoms with E-state index >= 15 is 0 Å². The second-order valence-electron chi connectivity index (χ2n) is 5.91. The number of anilines is 1. The molecule has 0 N–H and O–H groups in total. The van der Waals surface area contributed by atoms with Crippen LogP contribution in [-0.2, 0) is 9.84 Å². The van der Waals surface area contributed by atoms with Gasteiger partial charge in [-0.25, -0.2) is 12.8 Å². The molecule has 2 aromatic carbocycles. The van der Waals surface area contributed by atoms with Crippen LogP contribution < -0.4 is 4.90 Å². The summed E-state index contributed by atoms with van der Waals surface area (Å²) < 4.78 is 38.5. The number of piperazine rings is 1. The third kappa shape index (κ3) is 3.94. The van der Waals surface area contributed by atoms with Crippen molar-refractivity contribution < 1.29 is 12.8 Å². The molecule has 1 aliphatic heterocycles. The molecule has 0 amide bonds. The molecule has 1 heterocycles. The summed E-state index contributed by atoms with van der Waals surface area (Å²) in [5, 5.41) is 0. The molecule has 1 saturated heterocycles. The monoisotopic (exact) mass is 348 g/mol. The Morgan fingerprint density at radius 3 is 2.17 bits per heavy atom. The maximum absolute atomic E-state index is 13.8. The highest BCUT2D eigenvalue weighted by molar-refractivity contribution is 7.91. The van der Waals surface area contributed by atoms with Crippen molar-refractivity contribution in [3.63, 3.8) is 0 Å². The Bertz CT molecular complexity index is 773. The van der Waals surface area contributed by atoms with Crippen LogP contribution in [0.1, 0.15) is 0 Å². The van der Waals surface area contributed by atoms with Crippen molar-refractivity contribution in [3.05, 3.63) is 60.4 Å².